The van der Waals surface area contributed by atoms with E-state index in [0.29, 0.717) is 22.7 Å². The smallest absolute Gasteiger partial charge is 0.394 e. The standard InChI is InChI=1S/C13H13F3N4O2/c1-6-18-10-7(2-3-17-10)11(19-6)20-4-8(12(21)22)9(5-20)13(14,15)16/h2-3,8-9H,4-5H2,1H3,(H,21,22)(H,17,18,19)/t8-,9-/m1/s1. The third-order valence-electron chi connectivity index (χ3n) is 3.86. The van der Waals surface area contributed by atoms with E-state index in [1.165, 1.54) is 4.90 Å². The van der Waals surface area contributed by atoms with Gasteiger partial charge in [0.2, 0.25) is 0 Å². The number of aliphatic carboxylic acids is 1. The van der Waals surface area contributed by atoms with Gasteiger partial charge >= 0.3 is 12.1 Å². The first-order chi connectivity index (χ1) is 10.3. The summed E-state index contributed by atoms with van der Waals surface area (Å²) in [5, 5.41) is 9.66. The third-order valence-corrected chi connectivity index (χ3v) is 3.86. The van der Waals surface area contributed by atoms with E-state index in [1.807, 2.05) is 0 Å². The molecular formula is C13H13F3N4O2. The van der Waals surface area contributed by atoms with E-state index >= 15 is 0 Å². The van der Waals surface area contributed by atoms with Gasteiger partial charge < -0.3 is 15.0 Å². The van der Waals surface area contributed by atoms with Crippen molar-refractivity contribution in [2.45, 2.75) is 13.1 Å². The Morgan fingerprint density at radius 3 is 2.73 bits per heavy atom. The number of fused-ring (bicyclic) bond motifs is 1. The van der Waals surface area contributed by atoms with Crippen molar-refractivity contribution in [1.29, 1.82) is 0 Å². The average Bonchev–Trinajstić information content (AvgIpc) is 3.02. The van der Waals surface area contributed by atoms with Crippen LogP contribution in [0.15, 0.2) is 12.3 Å². The lowest BCUT2D eigenvalue weighted by atomic mass is 9.96. The first kappa shape index (κ1) is 14.6. The predicted octanol–water partition coefficient (Wildman–Crippen LogP) is 1.97. The van der Waals surface area contributed by atoms with E-state index in [1.54, 1.807) is 19.2 Å². The zero-order valence-electron chi connectivity index (χ0n) is 11.6. The maximum atomic E-state index is 13.1. The second-order valence-electron chi connectivity index (χ2n) is 5.33. The second kappa shape index (κ2) is 4.85. The predicted molar refractivity (Wildman–Crippen MR) is 71.5 cm³/mol. The molecule has 0 aliphatic carbocycles. The van der Waals surface area contributed by atoms with Crippen molar-refractivity contribution >= 4 is 22.8 Å². The number of rotatable bonds is 2. The van der Waals surface area contributed by atoms with E-state index < -0.39 is 30.5 Å². The molecule has 0 spiro atoms. The summed E-state index contributed by atoms with van der Waals surface area (Å²) < 4.78 is 39.2. The molecule has 0 amide bonds. The van der Waals surface area contributed by atoms with Gasteiger partial charge in [0.1, 0.15) is 17.3 Å². The highest BCUT2D eigenvalue weighted by molar-refractivity contribution is 5.88. The summed E-state index contributed by atoms with van der Waals surface area (Å²) in [5.41, 5.74) is 0.518. The molecule has 1 aliphatic rings. The minimum Gasteiger partial charge on any atom is -0.481 e. The number of H-pyrrole nitrogens is 1. The number of alkyl halides is 3. The number of nitrogens with zero attached hydrogens (tertiary/aromatic N) is 3. The van der Waals surface area contributed by atoms with E-state index in [2.05, 4.69) is 15.0 Å². The summed E-state index contributed by atoms with van der Waals surface area (Å²) in [6.45, 7) is 0.989. The summed E-state index contributed by atoms with van der Waals surface area (Å²) in [6.07, 6.45) is -2.94. The molecular weight excluding hydrogens is 301 g/mol. The fraction of sp³-hybridized carbons (Fsp3) is 0.462. The molecule has 0 radical (unpaired) electrons. The number of hydrogen-bond acceptors (Lipinski definition) is 4. The molecule has 0 aromatic carbocycles. The van der Waals surface area contributed by atoms with Crippen LogP contribution in [0, 0.1) is 18.8 Å². The molecule has 118 valence electrons. The number of aromatic amines is 1. The summed E-state index contributed by atoms with van der Waals surface area (Å²) >= 11 is 0. The van der Waals surface area contributed by atoms with Crippen LogP contribution in [-0.2, 0) is 4.79 Å². The van der Waals surface area contributed by atoms with Crippen LogP contribution in [0.1, 0.15) is 5.82 Å². The molecule has 2 aromatic heterocycles. The Hall–Kier alpha value is -2.32. The lowest BCUT2D eigenvalue weighted by Crippen LogP contribution is -2.33. The van der Waals surface area contributed by atoms with Gasteiger partial charge in [-0.1, -0.05) is 0 Å². The van der Waals surface area contributed by atoms with Crippen LogP contribution in [0.5, 0.6) is 0 Å². The van der Waals surface area contributed by atoms with Gasteiger partial charge in [-0.15, -0.1) is 0 Å². The maximum Gasteiger partial charge on any atom is 0.394 e. The van der Waals surface area contributed by atoms with Crippen molar-refractivity contribution in [3.63, 3.8) is 0 Å². The minimum absolute atomic E-state index is 0.226. The van der Waals surface area contributed by atoms with Gasteiger partial charge in [-0.3, -0.25) is 4.79 Å². The van der Waals surface area contributed by atoms with Gasteiger partial charge in [0.25, 0.3) is 0 Å². The quantitative estimate of drug-likeness (QED) is 0.885. The normalized spacial score (nSPS) is 22.5. The van der Waals surface area contributed by atoms with Gasteiger partial charge in [-0.2, -0.15) is 13.2 Å². The van der Waals surface area contributed by atoms with Gasteiger partial charge in [0.15, 0.2) is 0 Å². The topological polar surface area (TPSA) is 82.1 Å². The number of carboxylic acids is 1. The molecule has 2 N–H and O–H groups in total. The SMILES string of the molecule is Cc1nc(N2C[C@@H](C(F)(F)F)[C@H](C(=O)O)C2)c2cc[nH]c2n1. The van der Waals surface area contributed by atoms with Crippen molar-refractivity contribution < 1.29 is 23.1 Å². The molecule has 2 atom stereocenters. The molecule has 1 saturated heterocycles. The lowest BCUT2D eigenvalue weighted by molar-refractivity contribution is -0.187. The molecule has 22 heavy (non-hydrogen) atoms. The van der Waals surface area contributed by atoms with Crippen molar-refractivity contribution in [3.8, 4) is 0 Å². The third kappa shape index (κ3) is 2.36. The number of hydrogen-bond donors (Lipinski definition) is 2. The van der Waals surface area contributed by atoms with Crippen molar-refractivity contribution in [2.24, 2.45) is 11.8 Å². The van der Waals surface area contributed by atoms with Gasteiger partial charge in [0, 0.05) is 19.3 Å². The molecule has 3 rings (SSSR count). The largest absolute Gasteiger partial charge is 0.481 e. The number of nitrogens with one attached hydrogen (secondary N) is 1. The fourth-order valence-electron chi connectivity index (χ4n) is 2.83. The zero-order valence-corrected chi connectivity index (χ0v) is 11.6. The van der Waals surface area contributed by atoms with Crippen molar-refractivity contribution in [3.05, 3.63) is 18.1 Å². The van der Waals surface area contributed by atoms with E-state index in [4.69, 9.17) is 5.11 Å². The Kier molecular flexibility index (Phi) is 3.22. The molecule has 1 fully saturated rings. The Labute approximate surface area is 123 Å². The van der Waals surface area contributed by atoms with Gasteiger partial charge in [-0.25, -0.2) is 9.97 Å². The highest BCUT2D eigenvalue weighted by Crippen LogP contribution is 2.40. The molecule has 0 saturated carbocycles. The summed E-state index contributed by atoms with van der Waals surface area (Å²) in [6, 6.07) is 1.67. The van der Waals surface area contributed by atoms with Crippen LogP contribution in [0.4, 0.5) is 19.0 Å². The number of carbonyl (C=O) groups is 1. The van der Waals surface area contributed by atoms with Crippen LogP contribution in [0.2, 0.25) is 0 Å². The number of anilines is 1. The van der Waals surface area contributed by atoms with E-state index in [0.717, 1.165) is 0 Å². The first-order valence-corrected chi connectivity index (χ1v) is 6.63. The molecule has 0 unspecified atom stereocenters. The molecule has 3 heterocycles. The Balaban J connectivity index is 2.02. The fourth-order valence-corrected chi connectivity index (χ4v) is 2.83. The Morgan fingerprint density at radius 2 is 2.14 bits per heavy atom. The van der Waals surface area contributed by atoms with E-state index in [9.17, 15) is 18.0 Å². The van der Waals surface area contributed by atoms with Gasteiger partial charge in [0.05, 0.1) is 17.2 Å². The summed E-state index contributed by atoms with van der Waals surface area (Å²) in [5.74, 6) is -4.10. The number of carboxylic acid groups (broad SMARTS) is 1. The second-order valence-corrected chi connectivity index (χ2v) is 5.33. The van der Waals surface area contributed by atoms with E-state index in [-0.39, 0.29) is 6.54 Å². The minimum atomic E-state index is -4.56. The van der Waals surface area contributed by atoms with Crippen molar-refractivity contribution in [2.75, 3.05) is 18.0 Å². The van der Waals surface area contributed by atoms with Crippen LogP contribution in [-0.4, -0.2) is 45.3 Å². The molecule has 0 bridgehead atoms. The monoisotopic (exact) mass is 314 g/mol. The first-order valence-electron chi connectivity index (χ1n) is 6.63. The summed E-state index contributed by atoms with van der Waals surface area (Å²) in [4.78, 5) is 23.8. The summed E-state index contributed by atoms with van der Waals surface area (Å²) in [7, 11) is 0. The van der Waals surface area contributed by atoms with Crippen LogP contribution in [0.3, 0.4) is 0 Å². The highest BCUT2D eigenvalue weighted by atomic mass is 19.4. The molecule has 1 aliphatic heterocycles. The maximum absolute atomic E-state index is 13.1. The van der Waals surface area contributed by atoms with Crippen LogP contribution < -0.4 is 4.90 Å². The van der Waals surface area contributed by atoms with Crippen molar-refractivity contribution in [1.82, 2.24) is 15.0 Å². The number of aromatic nitrogens is 3. The Bertz CT molecular complexity index is 728. The van der Waals surface area contributed by atoms with Crippen LogP contribution >= 0.6 is 0 Å². The number of halogens is 3. The highest BCUT2D eigenvalue weighted by Gasteiger charge is 2.53. The molecule has 2 aromatic rings. The lowest BCUT2D eigenvalue weighted by Gasteiger charge is -2.19. The molecule has 9 heteroatoms. The van der Waals surface area contributed by atoms with Gasteiger partial charge in [-0.05, 0) is 13.0 Å². The molecule has 6 nitrogen and oxygen atoms in total. The Morgan fingerprint density at radius 1 is 1.41 bits per heavy atom. The number of aryl methyl sites for hydroxylation is 1. The van der Waals surface area contributed by atoms with Crippen LogP contribution in [0.25, 0.3) is 11.0 Å². The average molecular weight is 314 g/mol. The zero-order chi connectivity index (χ0) is 16.1.